The van der Waals surface area contributed by atoms with E-state index in [1.165, 1.54) is 6.07 Å². The van der Waals surface area contributed by atoms with Crippen LogP contribution in [0.4, 0.5) is 5.69 Å². The lowest BCUT2D eigenvalue weighted by Gasteiger charge is -2.07. The molecule has 0 spiro atoms. The monoisotopic (exact) mass is 286 g/mol. The molecule has 110 valence electrons. The Morgan fingerprint density at radius 3 is 2.62 bits per heavy atom. The molecule has 0 saturated carbocycles. The number of nitrogens with zero attached hydrogens (tertiary/aromatic N) is 1. The number of benzene rings is 2. The standard InChI is InChI=1S/C16H18N2O3/c1-21-12-14-6-4-5-13(9-14)10-17-11-15-7-2-3-8-16(15)18(19)20/h2-9,17H,10-12H2,1H3. The minimum atomic E-state index is -0.351. The molecular formula is C16H18N2O3. The topological polar surface area (TPSA) is 64.4 Å². The van der Waals surface area contributed by atoms with Gasteiger partial charge in [-0.25, -0.2) is 0 Å². The lowest BCUT2D eigenvalue weighted by Crippen LogP contribution is -2.14. The second-order valence-electron chi connectivity index (χ2n) is 4.74. The molecule has 0 amide bonds. The van der Waals surface area contributed by atoms with E-state index in [2.05, 4.69) is 11.4 Å². The molecule has 1 N–H and O–H groups in total. The maximum Gasteiger partial charge on any atom is 0.273 e. The van der Waals surface area contributed by atoms with Crippen LogP contribution in [-0.4, -0.2) is 12.0 Å². The van der Waals surface area contributed by atoms with E-state index >= 15 is 0 Å². The Hall–Kier alpha value is -2.24. The van der Waals surface area contributed by atoms with Gasteiger partial charge in [0, 0.05) is 31.8 Å². The van der Waals surface area contributed by atoms with Crippen molar-refractivity contribution in [1.29, 1.82) is 0 Å². The van der Waals surface area contributed by atoms with E-state index in [0.717, 1.165) is 11.1 Å². The second kappa shape index (κ2) is 7.52. The van der Waals surface area contributed by atoms with Crippen LogP contribution < -0.4 is 5.32 Å². The molecule has 0 bridgehead atoms. The smallest absolute Gasteiger partial charge is 0.273 e. The van der Waals surface area contributed by atoms with Gasteiger partial charge in [0.15, 0.2) is 0 Å². The predicted octanol–water partition coefficient (Wildman–Crippen LogP) is 3.03. The van der Waals surface area contributed by atoms with Crippen LogP contribution in [0.3, 0.4) is 0 Å². The third-order valence-electron chi connectivity index (χ3n) is 3.14. The summed E-state index contributed by atoms with van der Waals surface area (Å²) >= 11 is 0. The van der Waals surface area contributed by atoms with E-state index in [1.54, 1.807) is 19.2 Å². The number of ether oxygens (including phenoxy) is 1. The number of nitro benzene ring substituents is 1. The molecule has 0 aliphatic rings. The lowest BCUT2D eigenvalue weighted by molar-refractivity contribution is -0.385. The highest BCUT2D eigenvalue weighted by molar-refractivity contribution is 5.39. The van der Waals surface area contributed by atoms with Crippen molar-refractivity contribution < 1.29 is 9.66 Å². The van der Waals surface area contributed by atoms with Crippen LogP contribution in [0.25, 0.3) is 0 Å². The van der Waals surface area contributed by atoms with E-state index in [1.807, 2.05) is 24.3 Å². The first kappa shape index (κ1) is 15.2. The van der Waals surface area contributed by atoms with E-state index in [0.29, 0.717) is 25.3 Å². The maximum absolute atomic E-state index is 10.9. The van der Waals surface area contributed by atoms with Crippen LogP contribution in [0.15, 0.2) is 48.5 Å². The first-order chi connectivity index (χ1) is 10.2. The Bertz CT molecular complexity index is 614. The third kappa shape index (κ3) is 4.37. The molecule has 2 aromatic rings. The van der Waals surface area contributed by atoms with Gasteiger partial charge in [0.1, 0.15) is 0 Å². The zero-order valence-electron chi connectivity index (χ0n) is 11.9. The molecular weight excluding hydrogens is 268 g/mol. The fourth-order valence-corrected chi connectivity index (χ4v) is 2.18. The van der Waals surface area contributed by atoms with Crippen molar-refractivity contribution in [3.8, 4) is 0 Å². The molecule has 0 aromatic heterocycles. The van der Waals surface area contributed by atoms with Crippen LogP contribution in [-0.2, 0) is 24.4 Å². The highest BCUT2D eigenvalue weighted by Gasteiger charge is 2.11. The maximum atomic E-state index is 10.9. The Kier molecular flexibility index (Phi) is 5.43. The Morgan fingerprint density at radius 1 is 1.10 bits per heavy atom. The Labute approximate surface area is 123 Å². The van der Waals surface area contributed by atoms with Gasteiger partial charge in [-0.1, -0.05) is 42.5 Å². The molecule has 2 rings (SSSR count). The number of para-hydroxylation sites is 1. The number of hydrogen-bond acceptors (Lipinski definition) is 4. The first-order valence-electron chi connectivity index (χ1n) is 6.70. The number of nitro groups is 1. The Balaban J connectivity index is 1.95. The van der Waals surface area contributed by atoms with Crippen molar-refractivity contribution >= 4 is 5.69 Å². The number of rotatable bonds is 7. The summed E-state index contributed by atoms with van der Waals surface area (Å²) in [6, 6.07) is 14.9. The summed E-state index contributed by atoms with van der Waals surface area (Å²) in [7, 11) is 1.67. The van der Waals surface area contributed by atoms with E-state index in [4.69, 9.17) is 4.74 Å². The summed E-state index contributed by atoms with van der Waals surface area (Å²) in [5, 5.41) is 14.2. The van der Waals surface area contributed by atoms with Gasteiger partial charge < -0.3 is 10.1 Å². The summed E-state index contributed by atoms with van der Waals surface area (Å²) in [5.74, 6) is 0. The number of hydrogen-bond donors (Lipinski definition) is 1. The van der Waals surface area contributed by atoms with Crippen LogP contribution >= 0.6 is 0 Å². The second-order valence-corrected chi connectivity index (χ2v) is 4.74. The van der Waals surface area contributed by atoms with E-state index < -0.39 is 0 Å². The van der Waals surface area contributed by atoms with Gasteiger partial charge in [0.2, 0.25) is 0 Å². The SMILES string of the molecule is COCc1cccc(CNCc2ccccc2[N+](=O)[O-])c1. The molecule has 0 aliphatic heterocycles. The number of nitrogens with one attached hydrogen (secondary N) is 1. The zero-order valence-corrected chi connectivity index (χ0v) is 11.9. The lowest BCUT2D eigenvalue weighted by atomic mass is 10.1. The van der Waals surface area contributed by atoms with E-state index in [-0.39, 0.29) is 10.6 Å². The van der Waals surface area contributed by atoms with Gasteiger partial charge >= 0.3 is 0 Å². The summed E-state index contributed by atoms with van der Waals surface area (Å²) < 4.78 is 5.10. The molecule has 0 aliphatic carbocycles. The van der Waals surface area contributed by atoms with Crippen molar-refractivity contribution in [2.75, 3.05) is 7.11 Å². The molecule has 0 heterocycles. The van der Waals surface area contributed by atoms with Crippen LogP contribution in [0.5, 0.6) is 0 Å². The van der Waals surface area contributed by atoms with Crippen molar-refractivity contribution in [2.45, 2.75) is 19.7 Å². The predicted molar refractivity (Wildman–Crippen MR) is 80.8 cm³/mol. The Morgan fingerprint density at radius 2 is 1.86 bits per heavy atom. The van der Waals surface area contributed by atoms with E-state index in [9.17, 15) is 10.1 Å². The van der Waals surface area contributed by atoms with Crippen LogP contribution in [0.1, 0.15) is 16.7 Å². The fraction of sp³-hybridized carbons (Fsp3) is 0.250. The minimum absolute atomic E-state index is 0.151. The van der Waals surface area contributed by atoms with Crippen molar-refractivity contribution in [2.24, 2.45) is 0 Å². The molecule has 0 unspecified atom stereocenters. The fourth-order valence-electron chi connectivity index (χ4n) is 2.18. The van der Waals surface area contributed by atoms with Crippen molar-refractivity contribution in [3.05, 3.63) is 75.3 Å². The van der Waals surface area contributed by atoms with Gasteiger partial charge in [-0.3, -0.25) is 10.1 Å². The molecule has 0 saturated heterocycles. The molecule has 0 atom stereocenters. The summed E-state index contributed by atoms with van der Waals surface area (Å²) in [4.78, 5) is 10.6. The zero-order chi connectivity index (χ0) is 15.1. The molecule has 0 fully saturated rings. The quantitative estimate of drug-likeness (QED) is 0.627. The molecule has 5 heteroatoms. The molecule has 21 heavy (non-hydrogen) atoms. The van der Waals surface area contributed by atoms with Gasteiger partial charge in [-0.2, -0.15) is 0 Å². The number of methoxy groups -OCH3 is 1. The molecule has 5 nitrogen and oxygen atoms in total. The van der Waals surface area contributed by atoms with Crippen molar-refractivity contribution in [3.63, 3.8) is 0 Å². The third-order valence-corrected chi connectivity index (χ3v) is 3.14. The summed E-state index contributed by atoms with van der Waals surface area (Å²) in [6.45, 7) is 1.70. The van der Waals surface area contributed by atoms with Gasteiger partial charge in [-0.15, -0.1) is 0 Å². The highest BCUT2D eigenvalue weighted by atomic mass is 16.6. The average molecular weight is 286 g/mol. The van der Waals surface area contributed by atoms with Gasteiger partial charge in [-0.05, 0) is 11.1 Å². The van der Waals surface area contributed by atoms with Gasteiger partial charge in [0.05, 0.1) is 11.5 Å². The van der Waals surface area contributed by atoms with Crippen molar-refractivity contribution in [1.82, 2.24) is 5.32 Å². The van der Waals surface area contributed by atoms with Gasteiger partial charge in [0.25, 0.3) is 5.69 Å². The normalized spacial score (nSPS) is 10.5. The van der Waals surface area contributed by atoms with Crippen LogP contribution in [0.2, 0.25) is 0 Å². The first-order valence-corrected chi connectivity index (χ1v) is 6.70. The summed E-state index contributed by atoms with van der Waals surface area (Å²) in [5.41, 5.74) is 3.08. The van der Waals surface area contributed by atoms with Crippen LogP contribution in [0, 0.1) is 10.1 Å². The molecule has 0 radical (unpaired) electrons. The highest BCUT2D eigenvalue weighted by Crippen LogP contribution is 2.17. The summed E-state index contributed by atoms with van der Waals surface area (Å²) in [6.07, 6.45) is 0. The molecule has 2 aromatic carbocycles. The largest absolute Gasteiger partial charge is 0.380 e. The minimum Gasteiger partial charge on any atom is -0.380 e. The average Bonchev–Trinajstić information content (AvgIpc) is 2.48.